The summed E-state index contributed by atoms with van der Waals surface area (Å²) in [7, 11) is 2.05. The average Bonchev–Trinajstić information content (AvgIpc) is 3.96. The number of esters is 1. The molecule has 0 amide bonds. The number of rotatable bonds is 12. The fourth-order valence-electron chi connectivity index (χ4n) is 7.69. The van der Waals surface area contributed by atoms with Gasteiger partial charge in [0.05, 0.1) is 40.8 Å². The van der Waals surface area contributed by atoms with E-state index in [0.29, 0.717) is 24.1 Å². The average molecular weight is 759 g/mol. The molecule has 1 unspecified atom stereocenters. The van der Waals surface area contributed by atoms with Crippen molar-refractivity contribution in [3.63, 3.8) is 0 Å². The number of benzene rings is 4. The summed E-state index contributed by atoms with van der Waals surface area (Å²) in [6, 6.07) is 27.7. The van der Waals surface area contributed by atoms with Gasteiger partial charge in [-0.3, -0.25) is 4.79 Å². The van der Waals surface area contributed by atoms with Gasteiger partial charge in [0.2, 0.25) is 6.29 Å². The van der Waals surface area contributed by atoms with E-state index in [1.165, 1.54) is 6.92 Å². The van der Waals surface area contributed by atoms with E-state index in [0.717, 1.165) is 68.8 Å². The molecule has 6 aromatic rings. The molecule has 8 rings (SSSR count). The fraction of sp³-hybridized carbons (Fsp3) is 0.326. The SMILES string of the molecule is CCCc1nc2c(C)cc(-c3nc4ccccc4n3C)cc2n1Cc1ccc(-c2ccccc2C(=O)OC(C)OC(=O)O[C@@H]2CO[C@@H]3[C@H]2OC[C@H]3OC=O)cc1. The van der Waals surface area contributed by atoms with E-state index in [-0.39, 0.29) is 13.2 Å². The quantitative estimate of drug-likeness (QED) is 0.0555. The van der Waals surface area contributed by atoms with Gasteiger partial charge >= 0.3 is 12.1 Å². The lowest BCUT2D eigenvalue weighted by Gasteiger charge is -2.19. The summed E-state index contributed by atoms with van der Waals surface area (Å²) in [4.78, 5) is 46.8. The van der Waals surface area contributed by atoms with Gasteiger partial charge in [0.15, 0.2) is 12.2 Å². The lowest BCUT2D eigenvalue weighted by Crippen LogP contribution is -2.35. The maximum absolute atomic E-state index is 13.4. The molecule has 4 heterocycles. The van der Waals surface area contributed by atoms with E-state index in [1.54, 1.807) is 12.1 Å². The summed E-state index contributed by atoms with van der Waals surface area (Å²) in [5.74, 6) is 1.26. The summed E-state index contributed by atoms with van der Waals surface area (Å²) < 4.78 is 36.8. The van der Waals surface area contributed by atoms with Crippen LogP contribution in [-0.2, 0) is 53.2 Å². The Balaban J connectivity index is 0.969. The lowest BCUT2D eigenvalue weighted by molar-refractivity contribution is -0.138. The van der Waals surface area contributed by atoms with E-state index in [2.05, 4.69) is 53.3 Å². The molecule has 288 valence electrons. The Morgan fingerprint density at radius 1 is 0.893 bits per heavy atom. The van der Waals surface area contributed by atoms with Crippen molar-refractivity contribution < 1.29 is 42.8 Å². The number of carbonyl (C=O) groups is 3. The lowest BCUT2D eigenvalue weighted by atomic mass is 9.98. The van der Waals surface area contributed by atoms with Crippen LogP contribution in [0.5, 0.6) is 0 Å². The third kappa shape index (κ3) is 7.11. The standard InChI is InChI=1S/C43H42N4O9/c1-5-10-37-45-38-25(2)19-29(41-44-32-13-8-9-14-33(32)46(41)4)20-34(38)47(37)21-27-15-17-28(18-16-27)30-11-6-7-12-31(30)42(49)54-26(3)55-43(50)56-36-23-52-39-35(53-24-48)22-51-40(36)39/h6-9,11-20,24,26,35-36,39-40H,5,10,21-23H2,1-4H3/t26?,35-,36-,39+,40+/m1/s1. The second kappa shape index (κ2) is 15.6. The highest BCUT2D eigenvalue weighted by Gasteiger charge is 2.51. The molecule has 0 radical (unpaired) electrons. The summed E-state index contributed by atoms with van der Waals surface area (Å²) >= 11 is 0. The molecule has 2 aromatic heterocycles. The molecule has 0 aliphatic carbocycles. The number of aryl methyl sites for hydroxylation is 3. The highest BCUT2D eigenvalue weighted by Crippen LogP contribution is 2.33. The predicted octanol–water partition coefficient (Wildman–Crippen LogP) is 6.93. The first-order chi connectivity index (χ1) is 27.2. The Kier molecular flexibility index (Phi) is 10.3. The molecular formula is C43H42N4O9. The van der Waals surface area contributed by atoms with Crippen LogP contribution in [0.4, 0.5) is 4.79 Å². The highest BCUT2D eigenvalue weighted by molar-refractivity contribution is 5.97. The normalized spacial score (nSPS) is 19.5. The van der Waals surface area contributed by atoms with Crippen molar-refractivity contribution in [3.8, 4) is 22.5 Å². The number of imidazole rings is 2. The maximum atomic E-state index is 13.4. The Morgan fingerprint density at radius 3 is 2.39 bits per heavy atom. The van der Waals surface area contributed by atoms with Gasteiger partial charge in [0, 0.05) is 32.5 Å². The molecule has 0 bridgehead atoms. The number of carbonyl (C=O) groups excluding carboxylic acids is 3. The van der Waals surface area contributed by atoms with E-state index in [9.17, 15) is 14.4 Å². The van der Waals surface area contributed by atoms with Crippen molar-refractivity contribution in [2.75, 3.05) is 13.2 Å². The zero-order valence-electron chi connectivity index (χ0n) is 31.5. The zero-order chi connectivity index (χ0) is 38.9. The van der Waals surface area contributed by atoms with Crippen LogP contribution in [0.25, 0.3) is 44.6 Å². The van der Waals surface area contributed by atoms with Gasteiger partial charge in [-0.2, -0.15) is 0 Å². The van der Waals surface area contributed by atoms with Crippen LogP contribution >= 0.6 is 0 Å². The van der Waals surface area contributed by atoms with Crippen LogP contribution in [0.3, 0.4) is 0 Å². The predicted molar refractivity (Wildman–Crippen MR) is 206 cm³/mol. The smallest absolute Gasteiger partial charge is 0.459 e. The monoisotopic (exact) mass is 758 g/mol. The van der Waals surface area contributed by atoms with Crippen molar-refractivity contribution in [1.82, 2.24) is 19.1 Å². The number of aromatic nitrogens is 4. The van der Waals surface area contributed by atoms with Gasteiger partial charge in [0.1, 0.15) is 23.9 Å². The van der Waals surface area contributed by atoms with Gasteiger partial charge in [0.25, 0.3) is 6.47 Å². The largest absolute Gasteiger partial charge is 0.511 e. The van der Waals surface area contributed by atoms with Crippen molar-refractivity contribution in [2.24, 2.45) is 7.05 Å². The zero-order valence-corrected chi connectivity index (χ0v) is 31.5. The molecule has 2 aliphatic heterocycles. The van der Waals surface area contributed by atoms with Crippen LogP contribution in [-0.4, -0.2) is 81.6 Å². The second-order valence-electron chi connectivity index (χ2n) is 14.1. The van der Waals surface area contributed by atoms with Crippen LogP contribution < -0.4 is 0 Å². The Morgan fingerprint density at radius 2 is 1.62 bits per heavy atom. The Labute approximate surface area is 323 Å². The maximum Gasteiger partial charge on any atom is 0.511 e. The number of para-hydroxylation sites is 2. The minimum absolute atomic E-state index is 0.0481. The summed E-state index contributed by atoms with van der Waals surface area (Å²) in [6.07, 6.45) is -2.98. The van der Waals surface area contributed by atoms with Gasteiger partial charge < -0.3 is 37.6 Å². The van der Waals surface area contributed by atoms with Crippen molar-refractivity contribution in [3.05, 3.63) is 107 Å². The summed E-state index contributed by atoms with van der Waals surface area (Å²) in [5, 5.41) is 0. The van der Waals surface area contributed by atoms with Crippen LogP contribution in [0, 0.1) is 6.92 Å². The van der Waals surface area contributed by atoms with Gasteiger partial charge in [-0.15, -0.1) is 0 Å². The molecule has 2 saturated heterocycles. The van der Waals surface area contributed by atoms with Crippen LogP contribution in [0.1, 0.15) is 47.6 Å². The topological polar surface area (TPSA) is 142 Å². The first-order valence-electron chi connectivity index (χ1n) is 18.7. The van der Waals surface area contributed by atoms with Crippen molar-refractivity contribution in [2.45, 2.75) is 70.9 Å². The van der Waals surface area contributed by atoms with E-state index >= 15 is 0 Å². The number of ether oxygens (including phenoxy) is 6. The van der Waals surface area contributed by atoms with Crippen molar-refractivity contribution in [1.29, 1.82) is 0 Å². The van der Waals surface area contributed by atoms with Gasteiger partial charge in [-0.25, -0.2) is 19.6 Å². The molecular weight excluding hydrogens is 716 g/mol. The Hall–Kier alpha value is -6.05. The molecule has 4 aromatic carbocycles. The molecule has 2 fully saturated rings. The molecule has 0 N–H and O–H groups in total. The molecule has 5 atom stereocenters. The summed E-state index contributed by atoms with van der Waals surface area (Å²) in [6.45, 7) is 6.82. The first kappa shape index (κ1) is 36.9. The van der Waals surface area contributed by atoms with Crippen molar-refractivity contribution >= 4 is 40.7 Å². The van der Waals surface area contributed by atoms with Gasteiger partial charge in [-0.05, 0) is 65.9 Å². The number of fused-ring (bicyclic) bond motifs is 3. The number of nitrogens with zero attached hydrogens (tertiary/aromatic N) is 4. The van der Waals surface area contributed by atoms with E-state index < -0.39 is 42.8 Å². The molecule has 2 aliphatic rings. The van der Waals surface area contributed by atoms with E-state index in [4.69, 9.17) is 38.4 Å². The minimum atomic E-state index is -1.25. The summed E-state index contributed by atoms with van der Waals surface area (Å²) in [5.41, 5.74) is 9.08. The first-order valence-corrected chi connectivity index (χ1v) is 18.7. The van der Waals surface area contributed by atoms with E-state index in [1.807, 2.05) is 49.5 Å². The molecule has 0 spiro atoms. The highest BCUT2D eigenvalue weighted by atomic mass is 16.8. The van der Waals surface area contributed by atoms with Gasteiger partial charge in [-0.1, -0.05) is 61.5 Å². The fourth-order valence-corrected chi connectivity index (χ4v) is 7.69. The molecule has 56 heavy (non-hydrogen) atoms. The molecule has 13 heteroatoms. The van der Waals surface area contributed by atoms with Crippen LogP contribution in [0.2, 0.25) is 0 Å². The third-order valence-corrected chi connectivity index (χ3v) is 10.4. The minimum Gasteiger partial charge on any atom is -0.459 e. The van der Waals surface area contributed by atoms with Crippen LogP contribution in [0.15, 0.2) is 84.9 Å². The number of hydrogen-bond acceptors (Lipinski definition) is 11. The Bertz CT molecular complexity index is 2420. The second-order valence-corrected chi connectivity index (χ2v) is 14.1. The molecule has 0 saturated carbocycles. The molecule has 13 nitrogen and oxygen atoms in total. The number of hydrogen-bond donors (Lipinski definition) is 0. The third-order valence-electron chi connectivity index (χ3n) is 10.4.